The largest absolute Gasteiger partial charge is 0.322 e. The normalized spacial score (nSPS) is 10.9. The standard InChI is InChI=1S/C24H18ClFN2O/c1-2-15-7-9-16(10-8-15)23-14-19(18-5-3-4-6-22(18)28-23)24(29)27-17-11-12-21(26)20(25)13-17/h3-14H,2H2,1H3,(H,27,29). The molecule has 1 heterocycles. The molecular weight excluding hydrogens is 387 g/mol. The van der Waals surface area contributed by atoms with Crippen molar-refractivity contribution in [3.8, 4) is 11.3 Å². The summed E-state index contributed by atoms with van der Waals surface area (Å²) in [5, 5.41) is 3.50. The molecule has 4 aromatic rings. The zero-order chi connectivity index (χ0) is 20.4. The molecule has 3 aromatic carbocycles. The van der Waals surface area contributed by atoms with Gasteiger partial charge in [0.25, 0.3) is 5.91 Å². The summed E-state index contributed by atoms with van der Waals surface area (Å²) in [6.45, 7) is 2.10. The van der Waals surface area contributed by atoms with Crippen LogP contribution in [0.15, 0.2) is 72.8 Å². The Bertz CT molecular complexity index is 1210. The average molecular weight is 405 g/mol. The maximum absolute atomic E-state index is 13.4. The molecule has 0 radical (unpaired) electrons. The van der Waals surface area contributed by atoms with Gasteiger partial charge in [-0.1, -0.05) is 61.0 Å². The summed E-state index contributed by atoms with van der Waals surface area (Å²) in [5.74, 6) is -0.838. The van der Waals surface area contributed by atoms with E-state index >= 15 is 0 Å². The molecule has 144 valence electrons. The van der Waals surface area contributed by atoms with Gasteiger partial charge in [0.05, 0.1) is 21.8 Å². The molecule has 5 heteroatoms. The SMILES string of the molecule is CCc1ccc(-c2cc(C(=O)Nc3ccc(F)c(Cl)c3)c3ccccc3n2)cc1. The highest BCUT2D eigenvalue weighted by atomic mass is 35.5. The van der Waals surface area contributed by atoms with Crippen LogP contribution in [-0.4, -0.2) is 10.9 Å². The van der Waals surface area contributed by atoms with E-state index in [4.69, 9.17) is 16.6 Å². The van der Waals surface area contributed by atoms with Crippen LogP contribution in [0.2, 0.25) is 5.02 Å². The van der Waals surface area contributed by atoms with Crippen molar-refractivity contribution in [2.24, 2.45) is 0 Å². The van der Waals surface area contributed by atoms with Crippen LogP contribution in [0.3, 0.4) is 0 Å². The number of amides is 1. The molecule has 0 saturated heterocycles. The number of hydrogen-bond acceptors (Lipinski definition) is 2. The molecule has 1 aromatic heterocycles. The monoisotopic (exact) mass is 404 g/mol. The second-order valence-electron chi connectivity index (χ2n) is 6.71. The fourth-order valence-corrected chi connectivity index (χ4v) is 3.38. The number of nitrogens with one attached hydrogen (secondary N) is 1. The molecule has 0 unspecified atom stereocenters. The Kier molecular flexibility index (Phi) is 5.28. The third-order valence-corrected chi connectivity index (χ3v) is 5.09. The van der Waals surface area contributed by atoms with Crippen molar-refractivity contribution < 1.29 is 9.18 Å². The zero-order valence-electron chi connectivity index (χ0n) is 15.7. The van der Waals surface area contributed by atoms with Gasteiger partial charge in [0.1, 0.15) is 5.82 Å². The van der Waals surface area contributed by atoms with E-state index in [0.29, 0.717) is 16.9 Å². The predicted octanol–water partition coefficient (Wildman–Crippen LogP) is 6.51. The highest BCUT2D eigenvalue weighted by Crippen LogP contribution is 2.27. The minimum Gasteiger partial charge on any atom is -0.322 e. The topological polar surface area (TPSA) is 42.0 Å². The molecule has 4 rings (SSSR count). The number of rotatable bonds is 4. The summed E-state index contributed by atoms with van der Waals surface area (Å²) in [4.78, 5) is 17.8. The Morgan fingerprint density at radius 3 is 2.52 bits per heavy atom. The molecular formula is C24H18ClFN2O. The number of anilines is 1. The molecule has 0 aliphatic rings. The van der Waals surface area contributed by atoms with Crippen molar-refractivity contribution in [1.82, 2.24) is 4.98 Å². The van der Waals surface area contributed by atoms with Crippen LogP contribution in [0.25, 0.3) is 22.2 Å². The van der Waals surface area contributed by atoms with E-state index < -0.39 is 5.82 Å². The van der Waals surface area contributed by atoms with E-state index in [1.54, 1.807) is 6.07 Å². The number of pyridine rings is 1. The molecule has 0 aliphatic carbocycles. The van der Waals surface area contributed by atoms with E-state index in [1.807, 2.05) is 36.4 Å². The van der Waals surface area contributed by atoms with Gasteiger partial charge in [-0.2, -0.15) is 0 Å². The molecule has 1 N–H and O–H groups in total. The van der Waals surface area contributed by atoms with Gasteiger partial charge in [-0.05, 0) is 42.3 Å². The fraction of sp³-hybridized carbons (Fsp3) is 0.0833. The number of nitrogens with zero attached hydrogens (tertiary/aromatic N) is 1. The number of para-hydroxylation sites is 1. The van der Waals surface area contributed by atoms with Crippen molar-refractivity contribution in [2.45, 2.75) is 13.3 Å². The van der Waals surface area contributed by atoms with Crippen LogP contribution >= 0.6 is 11.6 Å². The summed E-state index contributed by atoms with van der Waals surface area (Å²) in [6, 6.07) is 21.5. The molecule has 0 bridgehead atoms. The first-order valence-electron chi connectivity index (χ1n) is 9.30. The van der Waals surface area contributed by atoms with Gasteiger partial charge in [0.2, 0.25) is 0 Å². The summed E-state index contributed by atoms with van der Waals surface area (Å²) in [6.07, 6.45) is 0.958. The zero-order valence-corrected chi connectivity index (χ0v) is 16.5. The fourth-order valence-electron chi connectivity index (χ4n) is 3.19. The van der Waals surface area contributed by atoms with Crippen molar-refractivity contribution >= 4 is 34.1 Å². The maximum Gasteiger partial charge on any atom is 0.256 e. The summed E-state index contributed by atoms with van der Waals surface area (Å²) < 4.78 is 13.4. The summed E-state index contributed by atoms with van der Waals surface area (Å²) in [5.41, 5.74) is 4.54. The molecule has 0 aliphatic heterocycles. The van der Waals surface area contributed by atoms with Gasteiger partial charge in [0, 0.05) is 16.6 Å². The minimum absolute atomic E-state index is 0.0425. The predicted molar refractivity (Wildman–Crippen MR) is 116 cm³/mol. The number of fused-ring (bicyclic) bond motifs is 1. The molecule has 0 atom stereocenters. The molecule has 0 saturated carbocycles. The lowest BCUT2D eigenvalue weighted by atomic mass is 10.0. The van der Waals surface area contributed by atoms with Crippen LogP contribution in [0, 0.1) is 5.82 Å². The molecule has 29 heavy (non-hydrogen) atoms. The van der Waals surface area contributed by atoms with Gasteiger partial charge >= 0.3 is 0 Å². The smallest absolute Gasteiger partial charge is 0.256 e. The van der Waals surface area contributed by atoms with Crippen LogP contribution in [0.5, 0.6) is 0 Å². The van der Waals surface area contributed by atoms with Crippen molar-refractivity contribution in [1.29, 1.82) is 0 Å². The van der Waals surface area contributed by atoms with Gasteiger partial charge in [-0.3, -0.25) is 4.79 Å². The molecule has 1 amide bonds. The third-order valence-electron chi connectivity index (χ3n) is 4.80. The highest BCUT2D eigenvalue weighted by Gasteiger charge is 2.15. The number of carbonyl (C=O) groups excluding carboxylic acids is 1. The van der Waals surface area contributed by atoms with Crippen LogP contribution in [-0.2, 0) is 6.42 Å². The molecule has 3 nitrogen and oxygen atoms in total. The quantitative estimate of drug-likeness (QED) is 0.421. The third kappa shape index (κ3) is 3.98. The number of aryl methyl sites for hydroxylation is 1. The average Bonchev–Trinajstić information content (AvgIpc) is 2.75. The number of benzene rings is 3. The summed E-state index contributed by atoms with van der Waals surface area (Å²) >= 11 is 5.83. The Morgan fingerprint density at radius 2 is 1.79 bits per heavy atom. The van der Waals surface area contributed by atoms with E-state index in [-0.39, 0.29) is 10.9 Å². The van der Waals surface area contributed by atoms with Gasteiger partial charge in [0.15, 0.2) is 0 Å². The van der Waals surface area contributed by atoms with Crippen molar-refractivity contribution in [3.05, 3.63) is 94.8 Å². The van der Waals surface area contributed by atoms with E-state index in [2.05, 4.69) is 24.4 Å². The lowest BCUT2D eigenvalue weighted by molar-refractivity contribution is 0.102. The van der Waals surface area contributed by atoms with Crippen LogP contribution in [0.4, 0.5) is 10.1 Å². The Morgan fingerprint density at radius 1 is 1.03 bits per heavy atom. The van der Waals surface area contributed by atoms with Crippen molar-refractivity contribution in [3.63, 3.8) is 0 Å². The van der Waals surface area contributed by atoms with Gasteiger partial charge < -0.3 is 5.32 Å². The molecule has 0 fully saturated rings. The van der Waals surface area contributed by atoms with Gasteiger partial charge in [-0.25, -0.2) is 9.37 Å². The Hall–Kier alpha value is -3.24. The maximum atomic E-state index is 13.4. The lowest BCUT2D eigenvalue weighted by Crippen LogP contribution is -2.13. The molecule has 0 spiro atoms. The van der Waals surface area contributed by atoms with Crippen LogP contribution in [0.1, 0.15) is 22.8 Å². The highest BCUT2D eigenvalue weighted by molar-refractivity contribution is 6.31. The first-order chi connectivity index (χ1) is 14.0. The Balaban J connectivity index is 1.77. The first-order valence-corrected chi connectivity index (χ1v) is 9.68. The van der Waals surface area contributed by atoms with Crippen LogP contribution < -0.4 is 5.32 Å². The van der Waals surface area contributed by atoms with Crippen molar-refractivity contribution in [2.75, 3.05) is 5.32 Å². The van der Waals surface area contributed by atoms with Gasteiger partial charge in [-0.15, -0.1) is 0 Å². The minimum atomic E-state index is -0.531. The number of carbonyl (C=O) groups is 1. The lowest BCUT2D eigenvalue weighted by Gasteiger charge is -2.11. The first kappa shape index (κ1) is 19.1. The number of hydrogen-bond donors (Lipinski definition) is 1. The number of aromatic nitrogens is 1. The Labute approximate surface area is 173 Å². The van der Waals surface area contributed by atoms with E-state index in [0.717, 1.165) is 22.9 Å². The number of halogens is 2. The second-order valence-corrected chi connectivity index (χ2v) is 7.11. The van der Waals surface area contributed by atoms with E-state index in [1.165, 1.54) is 23.8 Å². The summed E-state index contributed by atoms with van der Waals surface area (Å²) in [7, 11) is 0. The van der Waals surface area contributed by atoms with E-state index in [9.17, 15) is 9.18 Å². The second kappa shape index (κ2) is 8.02.